The molecule has 4 heteroatoms. The lowest BCUT2D eigenvalue weighted by atomic mass is 10.3. The van der Waals surface area contributed by atoms with Crippen LogP contribution >= 0.6 is 12.4 Å². The lowest BCUT2D eigenvalue weighted by Gasteiger charge is -2.06. The van der Waals surface area contributed by atoms with E-state index in [1.807, 2.05) is 14.1 Å². The summed E-state index contributed by atoms with van der Waals surface area (Å²) in [6.45, 7) is 0. The summed E-state index contributed by atoms with van der Waals surface area (Å²) < 4.78 is 0. The summed E-state index contributed by atoms with van der Waals surface area (Å²) in [6.07, 6.45) is 1.39. The van der Waals surface area contributed by atoms with E-state index in [1.165, 1.54) is 0 Å². The van der Waals surface area contributed by atoms with Crippen molar-refractivity contribution in [1.82, 2.24) is 4.90 Å². The van der Waals surface area contributed by atoms with Crippen LogP contribution in [-0.2, 0) is 4.79 Å². The van der Waals surface area contributed by atoms with E-state index in [9.17, 15) is 4.79 Å². The van der Waals surface area contributed by atoms with Gasteiger partial charge in [-0.05, 0) is 26.4 Å². The summed E-state index contributed by atoms with van der Waals surface area (Å²) in [5.74, 6) is -0.262. The van der Waals surface area contributed by atoms with Crippen LogP contribution in [0.4, 0.5) is 0 Å². The molecule has 0 spiro atoms. The van der Waals surface area contributed by atoms with Crippen molar-refractivity contribution in [1.29, 1.82) is 0 Å². The smallest absolute Gasteiger partial charge is 0.303 e. The average Bonchev–Trinajstić information content (AvgIpc) is 2.43. The topological polar surface area (TPSA) is 40.5 Å². The molecule has 0 amide bonds. The number of carboxylic acids is 1. The van der Waals surface area contributed by atoms with E-state index in [0.717, 1.165) is 6.42 Å². The normalized spacial score (nSPS) is 27.9. The number of nitrogens with zero attached hydrogens (tertiary/aromatic N) is 1. The standard InChI is InChI=1S/C7H13NO2.ClH/c1-8(2)6-3-5(6)4-7(9)10;/h5-6H,3-4H2,1-2H3,(H,9,10);1H/t5-,6-;/m0./s1. The molecule has 1 N–H and O–H groups in total. The van der Waals surface area contributed by atoms with Crippen LogP contribution in [0.3, 0.4) is 0 Å². The minimum absolute atomic E-state index is 0. The van der Waals surface area contributed by atoms with Gasteiger partial charge in [-0.3, -0.25) is 4.79 Å². The van der Waals surface area contributed by atoms with Gasteiger partial charge in [0, 0.05) is 12.5 Å². The van der Waals surface area contributed by atoms with Gasteiger partial charge in [-0.15, -0.1) is 12.4 Å². The molecule has 0 aromatic heterocycles. The van der Waals surface area contributed by atoms with Gasteiger partial charge in [-0.25, -0.2) is 0 Å². The molecule has 0 heterocycles. The third kappa shape index (κ3) is 3.08. The third-order valence-corrected chi connectivity index (χ3v) is 1.99. The van der Waals surface area contributed by atoms with E-state index >= 15 is 0 Å². The van der Waals surface area contributed by atoms with Crippen LogP contribution in [0.25, 0.3) is 0 Å². The molecular weight excluding hydrogens is 166 g/mol. The Morgan fingerprint density at radius 2 is 2.18 bits per heavy atom. The molecule has 0 aliphatic heterocycles. The molecule has 3 nitrogen and oxygen atoms in total. The maximum atomic E-state index is 10.2. The van der Waals surface area contributed by atoms with Crippen molar-refractivity contribution in [2.75, 3.05) is 14.1 Å². The first-order chi connectivity index (χ1) is 4.61. The Morgan fingerprint density at radius 1 is 1.64 bits per heavy atom. The molecule has 11 heavy (non-hydrogen) atoms. The van der Waals surface area contributed by atoms with E-state index < -0.39 is 5.97 Å². The fourth-order valence-corrected chi connectivity index (χ4v) is 1.31. The Labute approximate surface area is 72.8 Å². The predicted octanol–water partition coefficient (Wildman–Crippen LogP) is 0.833. The van der Waals surface area contributed by atoms with Crippen LogP contribution in [0, 0.1) is 5.92 Å². The van der Waals surface area contributed by atoms with Crippen molar-refractivity contribution in [3.63, 3.8) is 0 Å². The molecule has 0 aromatic rings. The van der Waals surface area contributed by atoms with Crippen LogP contribution in [0.1, 0.15) is 12.8 Å². The van der Waals surface area contributed by atoms with Crippen molar-refractivity contribution < 1.29 is 9.90 Å². The molecule has 0 bridgehead atoms. The lowest BCUT2D eigenvalue weighted by Crippen LogP contribution is -2.16. The maximum absolute atomic E-state index is 10.2. The second-order valence-corrected chi connectivity index (χ2v) is 3.12. The Kier molecular flexibility index (Phi) is 3.83. The van der Waals surface area contributed by atoms with Gasteiger partial charge in [0.25, 0.3) is 0 Å². The van der Waals surface area contributed by atoms with Gasteiger partial charge in [0.2, 0.25) is 0 Å². The molecule has 0 unspecified atom stereocenters. The first kappa shape index (κ1) is 10.7. The van der Waals surface area contributed by atoms with Crippen LogP contribution in [0.5, 0.6) is 0 Å². The highest BCUT2D eigenvalue weighted by Gasteiger charge is 2.39. The first-order valence-electron chi connectivity index (χ1n) is 3.49. The number of halogens is 1. The van der Waals surface area contributed by atoms with Crippen LogP contribution in [-0.4, -0.2) is 36.1 Å². The summed E-state index contributed by atoms with van der Waals surface area (Å²) in [5, 5.41) is 8.40. The molecule has 1 saturated carbocycles. The predicted molar refractivity (Wildman–Crippen MR) is 45.1 cm³/mol. The fraction of sp³-hybridized carbons (Fsp3) is 0.857. The number of hydrogen-bond acceptors (Lipinski definition) is 2. The highest BCUT2D eigenvalue weighted by molar-refractivity contribution is 5.85. The lowest BCUT2D eigenvalue weighted by molar-refractivity contribution is -0.137. The minimum Gasteiger partial charge on any atom is -0.481 e. The van der Waals surface area contributed by atoms with Gasteiger partial charge < -0.3 is 10.0 Å². The summed E-state index contributed by atoms with van der Waals surface area (Å²) >= 11 is 0. The second kappa shape index (κ2) is 3.93. The van der Waals surface area contributed by atoms with Crippen molar-refractivity contribution in [3.05, 3.63) is 0 Å². The molecule has 66 valence electrons. The SMILES string of the molecule is CN(C)[C@H]1C[C@H]1CC(=O)O.Cl. The van der Waals surface area contributed by atoms with Gasteiger partial charge >= 0.3 is 5.97 Å². The highest BCUT2D eigenvalue weighted by Crippen LogP contribution is 2.36. The van der Waals surface area contributed by atoms with Gasteiger partial charge in [0.05, 0.1) is 0 Å². The van der Waals surface area contributed by atoms with Gasteiger partial charge in [-0.1, -0.05) is 0 Å². The second-order valence-electron chi connectivity index (χ2n) is 3.12. The zero-order valence-electron chi connectivity index (χ0n) is 6.78. The molecule has 0 saturated heterocycles. The number of aliphatic carboxylic acids is 1. The number of carbonyl (C=O) groups is 1. The molecule has 2 atom stereocenters. The zero-order valence-corrected chi connectivity index (χ0v) is 7.60. The number of rotatable bonds is 3. The number of carboxylic acid groups (broad SMARTS) is 1. The van der Waals surface area contributed by atoms with Gasteiger partial charge in [-0.2, -0.15) is 0 Å². The Hall–Kier alpha value is -0.280. The Morgan fingerprint density at radius 3 is 2.45 bits per heavy atom. The van der Waals surface area contributed by atoms with Crippen molar-refractivity contribution in [2.45, 2.75) is 18.9 Å². The highest BCUT2D eigenvalue weighted by atomic mass is 35.5. The van der Waals surface area contributed by atoms with Crippen molar-refractivity contribution in [2.24, 2.45) is 5.92 Å². The summed E-state index contributed by atoms with van der Waals surface area (Å²) in [4.78, 5) is 12.3. The van der Waals surface area contributed by atoms with Crippen molar-refractivity contribution in [3.8, 4) is 0 Å². The molecule has 1 aliphatic carbocycles. The molecular formula is C7H14ClNO2. The van der Waals surface area contributed by atoms with Crippen LogP contribution < -0.4 is 0 Å². The average molecular weight is 180 g/mol. The summed E-state index contributed by atoms with van der Waals surface area (Å²) in [7, 11) is 3.99. The van der Waals surface area contributed by atoms with E-state index in [4.69, 9.17) is 5.11 Å². The number of hydrogen-bond donors (Lipinski definition) is 1. The van der Waals surface area contributed by atoms with E-state index in [0.29, 0.717) is 18.4 Å². The largest absolute Gasteiger partial charge is 0.481 e. The molecule has 0 aromatic carbocycles. The minimum atomic E-state index is -0.672. The fourth-order valence-electron chi connectivity index (χ4n) is 1.31. The maximum Gasteiger partial charge on any atom is 0.303 e. The van der Waals surface area contributed by atoms with Gasteiger partial charge in [0.15, 0.2) is 0 Å². The molecule has 1 aliphatic rings. The van der Waals surface area contributed by atoms with Gasteiger partial charge in [0.1, 0.15) is 0 Å². The van der Waals surface area contributed by atoms with E-state index in [-0.39, 0.29) is 12.4 Å². The van der Waals surface area contributed by atoms with Crippen molar-refractivity contribution >= 4 is 18.4 Å². The molecule has 0 radical (unpaired) electrons. The van der Waals surface area contributed by atoms with E-state index in [2.05, 4.69) is 4.90 Å². The quantitative estimate of drug-likeness (QED) is 0.698. The zero-order chi connectivity index (χ0) is 7.72. The summed E-state index contributed by atoms with van der Waals surface area (Å²) in [6, 6.07) is 0.524. The monoisotopic (exact) mass is 179 g/mol. The Bertz CT molecular complexity index is 149. The first-order valence-corrected chi connectivity index (χ1v) is 3.49. The van der Waals surface area contributed by atoms with E-state index in [1.54, 1.807) is 0 Å². The summed E-state index contributed by atoms with van der Waals surface area (Å²) in [5.41, 5.74) is 0. The molecule has 1 rings (SSSR count). The Balaban J connectivity index is 0.000001000. The van der Waals surface area contributed by atoms with Crippen LogP contribution in [0.15, 0.2) is 0 Å². The molecule has 1 fully saturated rings. The third-order valence-electron chi connectivity index (χ3n) is 1.99. The van der Waals surface area contributed by atoms with Crippen LogP contribution in [0.2, 0.25) is 0 Å².